The average Bonchev–Trinajstić information content (AvgIpc) is 3.05. The maximum atomic E-state index is 12.2. The monoisotopic (exact) mass is 311 g/mol. The minimum Gasteiger partial charge on any atom is -0.449 e. The Morgan fingerprint density at radius 3 is 2.74 bits per heavy atom. The molecular formula is C15H13N5O3. The van der Waals surface area contributed by atoms with Crippen molar-refractivity contribution in [3.8, 4) is 0 Å². The molecule has 116 valence electrons. The number of rotatable bonds is 4. The van der Waals surface area contributed by atoms with Crippen LogP contribution in [0, 0.1) is 0 Å². The number of benzene rings is 1. The SMILES string of the molecule is C[C@H](OC(=O)c1ccccc1)C(=O)Nc1ncnc2nc[nH]c12. The predicted molar refractivity (Wildman–Crippen MR) is 81.6 cm³/mol. The normalized spacial score (nSPS) is 11.9. The Morgan fingerprint density at radius 1 is 1.17 bits per heavy atom. The molecule has 3 aromatic rings. The number of ether oxygens (including phenoxy) is 1. The van der Waals surface area contributed by atoms with Crippen molar-refractivity contribution in [2.24, 2.45) is 0 Å². The summed E-state index contributed by atoms with van der Waals surface area (Å²) in [5.41, 5.74) is 1.32. The molecule has 8 heteroatoms. The van der Waals surface area contributed by atoms with Gasteiger partial charge in [-0.05, 0) is 19.1 Å². The van der Waals surface area contributed by atoms with Gasteiger partial charge >= 0.3 is 5.97 Å². The van der Waals surface area contributed by atoms with Crippen LogP contribution in [0.15, 0.2) is 43.0 Å². The number of H-pyrrole nitrogens is 1. The molecule has 2 heterocycles. The van der Waals surface area contributed by atoms with Gasteiger partial charge in [-0.15, -0.1) is 0 Å². The molecule has 0 aliphatic heterocycles. The molecule has 2 N–H and O–H groups in total. The number of hydrogen-bond acceptors (Lipinski definition) is 6. The first kappa shape index (κ1) is 14.6. The lowest BCUT2D eigenvalue weighted by Gasteiger charge is -2.13. The van der Waals surface area contributed by atoms with Crippen LogP contribution >= 0.6 is 0 Å². The van der Waals surface area contributed by atoms with E-state index >= 15 is 0 Å². The maximum Gasteiger partial charge on any atom is 0.338 e. The van der Waals surface area contributed by atoms with Gasteiger partial charge in [-0.25, -0.2) is 19.7 Å². The number of carbonyl (C=O) groups is 2. The highest BCUT2D eigenvalue weighted by Crippen LogP contribution is 2.15. The summed E-state index contributed by atoms with van der Waals surface area (Å²) in [7, 11) is 0. The second-order valence-electron chi connectivity index (χ2n) is 4.73. The number of nitrogens with one attached hydrogen (secondary N) is 2. The predicted octanol–water partition coefficient (Wildman–Crippen LogP) is 1.54. The van der Waals surface area contributed by atoms with Crippen molar-refractivity contribution in [3.05, 3.63) is 48.5 Å². The van der Waals surface area contributed by atoms with E-state index in [0.717, 1.165) is 0 Å². The lowest BCUT2D eigenvalue weighted by molar-refractivity contribution is -0.123. The van der Waals surface area contributed by atoms with E-state index in [-0.39, 0.29) is 5.82 Å². The molecule has 0 bridgehead atoms. The second-order valence-corrected chi connectivity index (χ2v) is 4.73. The molecule has 0 aliphatic rings. The first-order chi connectivity index (χ1) is 11.1. The molecule has 1 atom stereocenters. The number of anilines is 1. The zero-order valence-electron chi connectivity index (χ0n) is 12.2. The van der Waals surface area contributed by atoms with Crippen LogP contribution in [0.5, 0.6) is 0 Å². The first-order valence-corrected chi connectivity index (χ1v) is 6.86. The summed E-state index contributed by atoms with van der Waals surface area (Å²) in [5, 5.41) is 2.59. The van der Waals surface area contributed by atoms with Crippen LogP contribution in [0.2, 0.25) is 0 Å². The van der Waals surface area contributed by atoms with E-state index in [1.807, 2.05) is 0 Å². The Bertz CT molecular complexity index is 846. The molecular weight excluding hydrogens is 298 g/mol. The molecule has 1 amide bonds. The summed E-state index contributed by atoms with van der Waals surface area (Å²) in [4.78, 5) is 38.9. The number of fused-ring (bicyclic) bond motifs is 1. The molecule has 8 nitrogen and oxygen atoms in total. The summed E-state index contributed by atoms with van der Waals surface area (Å²) >= 11 is 0. The zero-order valence-corrected chi connectivity index (χ0v) is 12.2. The van der Waals surface area contributed by atoms with Crippen molar-refractivity contribution in [1.29, 1.82) is 0 Å². The summed E-state index contributed by atoms with van der Waals surface area (Å²) in [6.45, 7) is 1.49. The van der Waals surface area contributed by atoms with Crippen LogP contribution in [-0.4, -0.2) is 37.9 Å². The van der Waals surface area contributed by atoms with Gasteiger partial charge in [0.25, 0.3) is 5.91 Å². The number of carbonyl (C=O) groups excluding carboxylic acids is 2. The van der Waals surface area contributed by atoms with Gasteiger partial charge in [-0.2, -0.15) is 0 Å². The number of aromatic nitrogens is 4. The number of nitrogens with zero attached hydrogens (tertiary/aromatic N) is 3. The van der Waals surface area contributed by atoms with Gasteiger partial charge in [0.2, 0.25) is 0 Å². The molecule has 0 spiro atoms. The minimum absolute atomic E-state index is 0.278. The van der Waals surface area contributed by atoms with Gasteiger partial charge in [0.05, 0.1) is 11.9 Å². The van der Waals surface area contributed by atoms with Crippen LogP contribution in [0.1, 0.15) is 17.3 Å². The van der Waals surface area contributed by atoms with Crippen molar-refractivity contribution < 1.29 is 14.3 Å². The molecule has 3 rings (SSSR count). The summed E-state index contributed by atoms with van der Waals surface area (Å²) in [6.07, 6.45) is 1.77. The van der Waals surface area contributed by atoms with E-state index in [4.69, 9.17) is 4.74 Å². The number of imidazole rings is 1. The molecule has 0 saturated heterocycles. The van der Waals surface area contributed by atoms with E-state index in [9.17, 15) is 9.59 Å². The van der Waals surface area contributed by atoms with Crippen LogP contribution in [-0.2, 0) is 9.53 Å². The van der Waals surface area contributed by atoms with Crippen LogP contribution < -0.4 is 5.32 Å². The van der Waals surface area contributed by atoms with Crippen molar-refractivity contribution in [2.75, 3.05) is 5.32 Å². The third-order valence-electron chi connectivity index (χ3n) is 3.13. The van der Waals surface area contributed by atoms with Gasteiger partial charge < -0.3 is 15.0 Å². The van der Waals surface area contributed by atoms with Gasteiger partial charge in [0.15, 0.2) is 17.6 Å². The molecule has 23 heavy (non-hydrogen) atoms. The number of hydrogen-bond donors (Lipinski definition) is 2. The zero-order chi connectivity index (χ0) is 16.2. The van der Waals surface area contributed by atoms with Crippen LogP contribution in [0.25, 0.3) is 11.2 Å². The Morgan fingerprint density at radius 2 is 1.96 bits per heavy atom. The Hall–Kier alpha value is -3.29. The Balaban J connectivity index is 1.68. The van der Waals surface area contributed by atoms with Crippen molar-refractivity contribution >= 4 is 28.9 Å². The summed E-state index contributed by atoms with van der Waals surface area (Å²) in [6, 6.07) is 8.46. The summed E-state index contributed by atoms with van der Waals surface area (Å²) < 4.78 is 5.14. The second kappa shape index (κ2) is 6.22. The van der Waals surface area contributed by atoms with E-state index < -0.39 is 18.0 Å². The molecule has 0 radical (unpaired) electrons. The largest absolute Gasteiger partial charge is 0.449 e. The Kier molecular flexibility index (Phi) is 3.96. The average molecular weight is 311 g/mol. The number of esters is 1. The van der Waals surface area contributed by atoms with Crippen molar-refractivity contribution in [1.82, 2.24) is 19.9 Å². The fourth-order valence-electron chi connectivity index (χ4n) is 1.93. The molecule has 0 unspecified atom stereocenters. The van der Waals surface area contributed by atoms with Gasteiger partial charge in [0.1, 0.15) is 11.8 Å². The van der Waals surface area contributed by atoms with Crippen molar-refractivity contribution in [3.63, 3.8) is 0 Å². The fraction of sp³-hybridized carbons (Fsp3) is 0.133. The molecule has 1 aromatic carbocycles. The lowest BCUT2D eigenvalue weighted by atomic mass is 10.2. The maximum absolute atomic E-state index is 12.2. The lowest BCUT2D eigenvalue weighted by Crippen LogP contribution is -2.30. The van der Waals surface area contributed by atoms with Gasteiger partial charge in [-0.3, -0.25) is 4.79 Å². The van der Waals surface area contributed by atoms with Crippen LogP contribution in [0.3, 0.4) is 0 Å². The van der Waals surface area contributed by atoms with E-state index in [1.165, 1.54) is 19.6 Å². The third-order valence-corrected chi connectivity index (χ3v) is 3.13. The molecule has 2 aromatic heterocycles. The Labute approximate surface area is 130 Å². The topological polar surface area (TPSA) is 110 Å². The highest BCUT2D eigenvalue weighted by atomic mass is 16.5. The van der Waals surface area contributed by atoms with Gasteiger partial charge in [0, 0.05) is 0 Å². The van der Waals surface area contributed by atoms with E-state index in [1.54, 1.807) is 30.3 Å². The summed E-state index contributed by atoms with van der Waals surface area (Å²) in [5.74, 6) is -0.786. The number of amides is 1. The van der Waals surface area contributed by atoms with Crippen molar-refractivity contribution in [2.45, 2.75) is 13.0 Å². The molecule has 0 saturated carbocycles. The number of aromatic amines is 1. The van der Waals surface area contributed by atoms with E-state index in [2.05, 4.69) is 25.3 Å². The van der Waals surface area contributed by atoms with Crippen LogP contribution in [0.4, 0.5) is 5.82 Å². The third kappa shape index (κ3) is 3.15. The molecule has 0 aliphatic carbocycles. The quantitative estimate of drug-likeness (QED) is 0.707. The first-order valence-electron chi connectivity index (χ1n) is 6.86. The highest BCUT2D eigenvalue weighted by molar-refractivity contribution is 6.00. The van der Waals surface area contributed by atoms with E-state index in [0.29, 0.717) is 16.7 Å². The minimum atomic E-state index is -0.976. The molecule has 0 fully saturated rings. The van der Waals surface area contributed by atoms with Gasteiger partial charge in [-0.1, -0.05) is 18.2 Å². The highest BCUT2D eigenvalue weighted by Gasteiger charge is 2.20. The smallest absolute Gasteiger partial charge is 0.338 e. The fourth-order valence-corrected chi connectivity index (χ4v) is 1.93. The standard InChI is InChI=1S/C15H13N5O3/c1-9(23-15(22)10-5-3-2-4-6-10)14(21)20-13-11-12(17-7-16-11)18-8-19-13/h2-9H,1H3,(H2,16,17,18,19,20,21)/t9-/m0/s1.